The SMILES string of the molecule is CCCCCCCc1ccc2c(c1)Cc1cc(C(=O)CCCCCC)ccc1-2. The summed E-state index contributed by atoms with van der Waals surface area (Å²) >= 11 is 0. The number of hydrogen-bond donors (Lipinski definition) is 0. The largest absolute Gasteiger partial charge is 0.294 e. The summed E-state index contributed by atoms with van der Waals surface area (Å²) in [5.41, 5.74) is 7.83. The van der Waals surface area contributed by atoms with Crippen molar-refractivity contribution < 1.29 is 4.79 Å². The molecule has 0 saturated carbocycles. The van der Waals surface area contributed by atoms with Crippen LogP contribution in [0.15, 0.2) is 36.4 Å². The summed E-state index contributed by atoms with van der Waals surface area (Å²) < 4.78 is 0. The molecule has 0 bridgehead atoms. The van der Waals surface area contributed by atoms with Crippen LogP contribution in [-0.2, 0) is 12.8 Å². The number of unbranched alkanes of at least 4 members (excludes halogenated alkanes) is 7. The fourth-order valence-electron chi connectivity index (χ4n) is 4.38. The van der Waals surface area contributed by atoms with Crippen LogP contribution in [0, 0.1) is 0 Å². The van der Waals surface area contributed by atoms with E-state index in [1.165, 1.54) is 85.6 Å². The van der Waals surface area contributed by atoms with Crippen LogP contribution in [0.4, 0.5) is 0 Å². The van der Waals surface area contributed by atoms with Crippen LogP contribution >= 0.6 is 0 Å². The van der Waals surface area contributed by atoms with Crippen molar-refractivity contribution in [3.63, 3.8) is 0 Å². The van der Waals surface area contributed by atoms with E-state index in [0.29, 0.717) is 12.2 Å². The second-order valence-corrected chi connectivity index (χ2v) is 8.44. The maximum absolute atomic E-state index is 12.5. The van der Waals surface area contributed by atoms with Gasteiger partial charge in [-0.1, -0.05) is 89.1 Å². The number of carbonyl (C=O) groups is 1. The Morgan fingerprint density at radius 2 is 1.39 bits per heavy atom. The second kappa shape index (κ2) is 10.6. The molecule has 28 heavy (non-hydrogen) atoms. The van der Waals surface area contributed by atoms with Gasteiger partial charge in [0.15, 0.2) is 5.78 Å². The Morgan fingerprint density at radius 1 is 0.750 bits per heavy atom. The highest BCUT2D eigenvalue weighted by molar-refractivity contribution is 5.97. The second-order valence-electron chi connectivity index (χ2n) is 8.44. The van der Waals surface area contributed by atoms with Gasteiger partial charge in [-0.3, -0.25) is 4.79 Å². The third-order valence-electron chi connectivity index (χ3n) is 6.09. The Balaban J connectivity index is 1.60. The minimum atomic E-state index is 0.308. The Hall–Kier alpha value is -1.89. The molecule has 2 aromatic carbocycles. The standard InChI is InChI=1S/C27H36O/c1-3-5-7-9-10-12-21-14-16-25-23(18-21)20-24-19-22(15-17-26(24)25)27(28)13-11-8-6-4-2/h14-19H,3-13,20H2,1-2H3. The van der Waals surface area contributed by atoms with Gasteiger partial charge in [0.25, 0.3) is 0 Å². The Labute approximate surface area is 171 Å². The van der Waals surface area contributed by atoms with Crippen molar-refractivity contribution in [3.05, 3.63) is 58.7 Å². The lowest BCUT2D eigenvalue weighted by Gasteiger charge is -2.06. The number of carbonyl (C=O) groups excluding carboxylic acids is 1. The van der Waals surface area contributed by atoms with Crippen molar-refractivity contribution in [1.82, 2.24) is 0 Å². The van der Waals surface area contributed by atoms with Gasteiger partial charge >= 0.3 is 0 Å². The number of ketones is 1. The zero-order chi connectivity index (χ0) is 19.8. The zero-order valence-electron chi connectivity index (χ0n) is 17.9. The van der Waals surface area contributed by atoms with E-state index in [1.807, 2.05) is 6.07 Å². The summed E-state index contributed by atoms with van der Waals surface area (Å²) in [6.45, 7) is 4.47. The number of benzene rings is 2. The zero-order valence-corrected chi connectivity index (χ0v) is 17.9. The molecule has 0 saturated heterocycles. The van der Waals surface area contributed by atoms with Crippen LogP contribution in [0.25, 0.3) is 11.1 Å². The first kappa shape index (κ1) is 20.8. The molecule has 2 aromatic rings. The highest BCUT2D eigenvalue weighted by Gasteiger charge is 2.20. The van der Waals surface area contributed by atoms with Crippen LogP contribution in [-0.4, -0.2) is 5.78 Å². The van der Waals surface area contributed by atoms with Crippen molar-refractivity contribution in [1.29, 1.82) is 0 Å². The Bertz CT molecular complexity index is 787. The van der Waals surface area contributed by atoms with Crippen LogP contribution in [0.1, 0.15) is 105 Å². The molecular weight excluding hydrogens is 340 g/mol. The van der Waals surface area contributed by atoms with Gasteiger partial charge in [0.1, 0.15) is 0 Å². The predicted molar refractivity (Wildman–Crippen MR) is 120 cm³/mol. The first-order chi connectivity index (χ1) is 13.7. The number of Topliss-reactive ketones (excluding diaryl/α,β-unsaturated/α-hetero) is 1. The molecular formula is C27H36O. The van der Waals surface area contributed by atoms with Gasteiger partial charge in [-0.25, -0.2) is 0 Å². The van der Waals surface area contributed by atoms with E-state index < -0.39 is 0 Å². The highest BCUT2D eigenvalue weighted by atomic mass is 16.1. The van der Waals surface area contributed by atoms with Gasteiger partial charge < -0.3 is 0 Å². The van der Waals surface area contributed by atoms with E-state index in [1.54, 1.807) is 0 Å². The number of aryl methyl sites for hydroxylation is 1. The van der Waals surface area contributed by atoms with Gasteiger partial charge in [-0.05, 0) is 59.6 Å². The predicted octanol–water partition coefficient (Wildman–Crippen LogP) is 7.92. The molecule has 0 spiro atoms. The molecule has 0 N–H and O–H groups in total. The van der Waals surface area contributed by atoms with Crippen molar-refractivity contribution >= 4 is 5.78 Å². The molecule has 0 aromatic heterocycles. The lowest BCUT2D eigenvalue weighted by atomic mass is 9.98. The summed E-state index contributed by atoms with van der Waals surface area (Å²) in [4.78, 5) is 12.5. The molecule has 1 aliphatic carbocycles. The molecule has 0 amide bonds. The van der Waals surface area contributed by atoms with Crippen LogP contribution in [0.2, 0.25) is 0 Å². The smallest absolute Gasteiger partial charge is 0.162 e. The molecule has 0 atom stereocenters. The fraction of sp³-hybridized carbons (Fsp3) is 0.519. The third kappa shape index (κ3) is 5.34. The Kier molecular flexibility index (Phi) is 7.89. The Morgan fingerprint density at radius 3 is 2.14 bits per heavy atom. The molecule has 0 aliphatic heterocycles. The summed E-state index contributed by atoms with van der Waals surface area (Å²) in [5, 5.41) is 0. The normalized spacial score (nSPS) is 12.1. The number of rotatable bonds is 12. The van der Waals surface area contributed by atoms with Gasteiger partial charge in [0.05, 0.1) is 0 Å². The van der Waals surface area contributed by atoms with Gasteiger partial charge in [-0.2, -0.15) is 0 Å². The molecule has 0 unspecified atom stereocenters. The lowest BCUT2D eigenvalue weighted by molar-refractivity contribution is 0.0979. The molecule has 1 aliphatic rings. The topological polar surface area (TPSA) is 17.1 Å². The highest BCUT2D eigenvalue weighted by Crippen LogP contribution is 2.37. The monoisotopic (exact) mass is 376 g/mol. The minimum Gasteiger partial charge on any atom is -0.294 e. The molecule has 3 rings (SSSR count). The molecule has 0 heterocycles. The van der Waals surface area contributed by atoms with Crippen molar-refractivity contribution in [3.8, 4) is 11.1 Å². The maximum Gasteiger partial charge on any atom is 0.162 e. The summed E-state index contributed by atoms with van der Waals surface area (Å²) in [5.74, 6) is 0.308. The molecule has 1 heteroatoms. The van der Waals surface area contributed by atoms with Crippen LogP contribution in [0.3, 0.4) is 0 Å². The lowest BCUT2D eigenvalue weighted by Crippen LogP contribution is -2.00. The third-order valence-corrected chi connectivity index (χ3v) is 6.09. The van der Waals surface area contributed by atoms with Crippen LogP contribution < -0.4 is 0 Å². The van der Waals surface area contributed by atoms with Gasteiger partial charge in [0.2, 0.25) is 0 Å². The van der Waals surface area contributed by atoms with E-state index in [0.717, 1.165) is 18.4 Å². The minimum absolute atomic E-state index is 0.308. The maximum atomic E-state index is 12.5. The first-order valence-corrected chi connectivity index (χ1v) is 11.5. The van der Waals surface area contributed by atoms with E-state index in [9.17, 15) is 4.79 Å². The van der Waals surface area contributed by atoms with Crippen molar-refractivity contribution in [2.24, 2.45) is 0 Å². The summed E-state index contributed by atoms with van der Waals surface area (Å²) in [6.07, 6.45) is 14.2. The van der Waals surface area contributed by atoms with E-state index in [2.05, 4.69) is 44.2 Å². The number of hydrogen-bond acceptors (Lipinski definition) is 1. The van der Waals surface area contributed by atoms with Crippen LogP contribution in [0.5, 0.6) is 0 Å². The quantitative estimate of drug-likeness (QED) is 0.232. The molecule has 1 nitrogen and oxygen atoms in total. The fourth-order valence-corrected chi connectivity index (χ4v) is 4.38. The molecule has 150 valence electrons. The molecule has 0 fully saturated rings. The van der Waals surface area contributed by atoms with E-state index >= 15 is 0 Å². The van der Waals surface area contributed by atoms with Crippen molar-refractivity contribution in [2.45, 2.75) is 90.9 Å². The van der Waals surface area contributed by atoms with E-state index in [-0.39, 0.29) is 0 Å². The van der Waals surface area contributed by atoms with Gasteiger partial charge in [0, 0.05) is 12.0 Å². The summed E-state index contributed by atoms with van der Waals surface area (Å²) in [7, 11) is 0. The average molecular weight is 377 g/mol. The first-order valence-electron chi connectivity index (χ1n) is 11.5. The summed E-state index contributed by atoms with van der Waals surface area (Å²) in [6, 6.07) is 13.4. The van der Waals surface area contributed by atoms with Crippen molar-refractivity contribution in [2.75, 3.05) is 0 Å². The average Bonchev–Trinajstić information content (AvgIpc) is 3.07. The van der Waals surface area contributed by atoms with E-state index in [4.69, 9.17) is 0 Å². The number of fused-ring (bicyclic) bond motifs is 3. The molecule has 0 radical (unpaired) electrons. The van der Waals surface area contributed by atoms with Gasteiger partial charge in [-0.15, -0.1) is 0 Å².